The van der Waals surface area contributed by atoms with Crippen LogP contribution in [-0.4, -0.2) is 151 Å². The number of nitrogens with one attached hydrogen (secondary N) is 1. The number of likely N-dealkylation sites (tertiary alicyclic amines) is 2. The Morgan fingerprint density at radius 3 is 2.40 bits per heavy atom. The summed E-state index contributed by atoms with van der Waals surface area (Å²) in [5.41, 5.74) is 13.7. The smallest absolute Gasteiger partial charge is 0.254 e. The first kappa shape index (κ1) is 53.1. The topological polar surface area (TPSA) is 251 Å². The van der Waals surface area contributed by atoms with Crippen LogP contribution in [0.3, 0.4) is 0 Å². The number of phenols is 1. The van der Waals surface area contributed by atoms with Crippen molar-refractivity contribution >= 4 is 40.3 Å². The van der Waals surface area contributed by atoms with E-state index in [1.54, 1.807) is 23.7 Å². The molecular formula is C57H69N11O9S. The van der Waals surface area contributed by atoms with E-state index in [2.05, 4.69) is 57.5 Å². The molecule has 5 fully saturated rings. The van der Waals surface area contributed by atoms with Crippen LogP contribution in [0.2, 0.25) is 0 Å². The van der Waals surface area contributed by atoms with E-state index in [0.29, 0.717) is 53.4 Å². The molecule has 11 rings (SSSR count). The average molecular weight is 1080 g/mol. The van der Waals surface area contributed by atoms with Gasteiger partial charge in [0, 0.05) is 100 Å². The molecule has 21 heteroatoms. The van der Waals surface area contributed by atoms with E-state index in [9.17, 15) is 24.9 Å². The number of benzene rings is 2. The predicted molar refractivity (Wildman–Crippen MR) is 293 cm³/mol. The Kier molecular flexibility index (Phi) is 15.8. The first-order valence-corrected chi connectivity index (χ1v) is 28.2. The van der Waals surface area contributed by atoms with Crippen molar-refractivity contribution in [3.63, 3.8) is 0 Å². The van der Waals surface area contributed by atoms with Crippen molar-refractivity contribution < 1.29 is 43.6 Å². The molecule has 0 radical (unpaired) electrons. The molecular weight excluding hydrogens is 1010 g/mol. The molecule has 2 bridgehead atoms. The molecule has 412 valence electrons. The summed E-state index contributed by atoms with van der Waals surface area (Å²) in [5, 5.41) is 46.6. The maximum atomic E-state index is 14.3. The Morgan fingerprint density at radius 1 is 0.885 bits per heavy atom. The number of rotatable bonds is 19. The van der Waals surface area contributed by atoms with E-state index in [4.69, 9.17) is 24.5 Å². The molecule has 6 aromatic rings. The minimum absolute atomic E-state index is 0.0328. The Morgan fingerprint density at radius 2 is 1.65 bits per heavy atom. The molecule has 4 aromatic heterocycles. The number of nitrogens with zero attached hydrogens (tertiary/aromatic N) is 9. The summed E-state index contributed by atoms with van der Waals surface area (Å²) in [7, 11) is 0. The van der Waals surface area contributed by atoms with Crippen molar-refractivity contribution in [2.24, 2.45) is 5.92 Å². The zero-order valence-electron chi connectivity index (χ0n) is 44.3. The number of ether oxygens (including phenoxy) is 3. The number of aromatic nitrogens is 5. The number of pyridine rings is 1. The third-order valence-corrected chi connectivity index (χ3v) is 17.1. The number of carbonyl (C=O) groups excluding carboxylic acids is 2. The van der Waals surface area contributed by atoms with Crippen molar-refractivity contribution in [3.8, 4) is 39.2 Å². The van der Waals surface area contributed by atoms with Crippen molar-refractivity contribution in [1.82, 2.24) is 40.4 Å². The second-order valence-electron chi connectivity index (χ2n) is 21.7. The van der Waals surface area contributed by atoms with Crippen LogP contribution in [0, 0.1) is 5.92 Å². The largest absolute Gasteiger partial charge is 0.507 e. The quantitative estimate of drug-likeness (QED) is 0.0594. The van der Waals surface area contributed by atoms with Gasteiger partial charge in [0.2, 0.25) is 17.7 Å². The molecule has 2 aromatic carbocycles. The number of nitrogens with two attached hydrogens (primary N) is 1. The van der Waals surface area contributed by atoms with Gasteiger partial charge in [-0.3, -0.25) is 14.5 Å². The summed E-state index contributed by atoms with van der Waals surface area (Å²) < 4.78 is 24.7. The second-order valence-corrected chi connectivity index (χ2v) is 22.6. The number of β-amino-alcohol motifs (C(OH)–C–C–N with tert-alkyl or cyclic N) is 1. The van der Waals surface area contributed by atoms with E-state index in [0.717, 1.165) is 92.1 Å². The summed E-state index contributed by atoms with van der Waals surface area (Å²) >= 11 is 1.46. The summed E-state index contributed by atoms with van der Waals surface area (Å²) in [6, 6.07) is 21.9. The number of thiazole rings is 1. The number of aromatic hydroxyl groups is 1. The van der Waals surface area contributed by atoms with Crippen molar-refractivity contribution in [2.75, 3.05) is 61.4 Å². The second kappa shape index (κ2) is 23.2. The number of anilines is 3. The minimum Gasteiger partial charge on any atom is -0.507 e. The Labute approximate surface area is 457 Å². The van der Waals surface area contributed by atoms with Crippen LogP contribution in [0.1, 0.15) is 94.7 Å². The highest BCUT2D eigenvalue weighted by atomic mass is 32.1. The van der Waals surface area contributed by atoms with Gasteiger partial charge in [0.15, 0.2) is 11.6 Å². The molecule has 78 heavy (non-hydrogen) atoms. The molecule has 6 atom stereocenters. The zero-order chi connectivity index (χ0) is 54.0. The van der Waals surface area contributed by atoms with Crippen LogP contribution in [0.15, 0.2) is 89.0 Å². The van der Waals surface area contributed by atoms with E-state index >= 15 is 0 Å². The fraction of sp³-hybridized carbons (Fsp3) is 0.491. The number of piperidine rings is 1. The van der Waals surface area contributed by atoms with Gasteiger partial charge in [-0.05, 0) is 79.1 Å². The molecule has 2 amide bonds. The van der Waals surface area contributed by atoms with Gasteiger partial charge in [0.05, 0.1) is 58.4 Å². The lowest BCUT2D eigenvalue weighted by molar-refractivity contribution is -0.141. The third-order valence-electron chi connectivity index (χ3n) is 16.2. The van der Waals surface area contributed by atoms with Crippen LogP contribution in [-0.2, 0) is 20.9 Å². The number of amides is 2. The highest BCUT2D eigenvalue weighted by molar-refractivity contribution is 7.13. The number of hydrogen-bond acceptors (Lipinski definition) is 19. The lowest BCUT2D eigenvalue weighted by atomic mass is 9.91. The van der Waals surface area contributed by atoms with Gasteiger partial charge in [-0.25, -0.2) is 9.97 Å². The number of piperazine rings is 1. The molecule has 6 N–H and O–H groups in total. The predicted octanol–water partition coefficient (Wildman–Crippen LogP) is 6.34. The van der Waals surface area contributed by atoms with Crippen LogP contribution < -0.4 is 30.3 Å². The lowest BCUT2D eigenvalue weighted by Crippen LogP contribution is -2.54. The van der Waals surface area contributed by atoms with Crippen LogP contribution in [0.25, 0.3) is 21.7 Å². The zero-order valence-corrected chi connectivity index (χ0v) is 45.1. The molecule has 1 saturated carbocycles. The van der Waals surface area contributed by atoms with Crippen molar-refractivity contribution in [1.29, 1.82) is 0 Å². The number of carbonyl (C=O) groups is 2. The number of phenolic OH excluding ortho intramolecular Hbond substituents is 1. The molecule has 1 aliphatic carbocycles. The molecule has 2 unspecified atom stereocenters. The van der Waals surface area contributed by atoms with E-state index < -0.39 is 18.1 Å². The fourth-order valence-electron chi connectivity index (χ4n) is 12.0. The van der Waals surface area contributed by atoms with Crippen LogP contribution >= 0.6 is 11.3 Å². The Hall–Kier alpha value is -6.91. The number of nitrogen functional groups attached to an aromatic ring is 1. The Bertz CT molecular complexity index is 3020. The number of hydrogen-bond donors (Lipinski definition) is 5. The molecule has 4 aliphatic heterocycles. The number of aliphatic hydroxyl groups excluding tert-OH is 2. The molecule has 8 heterocycles. The third kappa shape index (κ3) is 11.5. The molecule has 4 saturated heterocycles. The van der Waals surface area contributed by atoms with Crippen molar-refractivity contribution in [2.45, 2.75) is 127 Å². The number of fused-ring (bicyclic) bond motifs is 2. The van der Waals surface area contributed by atoms with Crippen LogP contribution in [0.4, 0.5) is 17.2 Å². The van der Waals surface area contributed by atoms with E-state index in [-0.39, 0.29) is 79.5 Å². The molecule has 5 aliphatic rings. The van der Waals surface area contributed by atoms with Crippen molar-refractivity contribution in [3.05, 3.63) is 102 Å². The molecule has 20 nitrogen and oxygen atoms in total. The van der Waals surface area contributed by atoms with Gasteiger partial charge < -0.3 is 59.8 Å². The van der Waals surface area contributed by atoms with E-state index in [1.807, 2.05) is 69.4 Å². The van der Waals surface area contributed by atoms with E-state index in [1.165, 1.54) is 16.2 Å². The standard InChI is InChI=1S/C57H69N11O9S/c1-33(2)53(57(73)67-30-40(70)23-48(67)56(72)61-34(3)35-8-10-36(11-9-35)54-46(31-69)60-32-78-54)50-27-52(64-77-50)74-21-20-65-18-15-41(16-19-65)75-42-24-43(25-42)76-51-22-37(14-17-59-51)68-38-12-13-39(68)29-66(28-38)47-26-45(62-63-55(47)58)44-6-4-5-7-49(44)71/h4-11,14,17,22,26-27,32-34,38-43,48,53,69-71H,12-13,15-16,18-21,23-25,28-31H2,1-3H3,(H2,58,63)(H,61,72)/t34-,38?,39?,40+,42?,43?,48-,53+/m0/s1. The Balaban J connectivity index is 0.601. The minimum atomic E-state index is -0.858. The normalized spacial score (nSPS) is 23.3. The first-order valence-electron chi connectivity index (χ1n) is 27.3. The number of para-hydroxylation sites is 1. The van der Waals surface area contributed by atoms with Gasteiger partial charge in [-0.1, -0.05) is 50.2 Å². The first-order chi connectivity index (χ1) is 37.8. The summed E-state index contributed by atoms with van der Waals surface area (Å²) in [6.45, 7) is 10.0. The van der Waals surface area contributed by atoms with Gasteiger partial charge in [-0.15, -0.1) is 21.5 Å². The summed E-state index contributed by atoms with van der Waals surface area (Å²) in [5.74, 6) is 0.219. The van der Waals surface area contributed by atoms with Gasteiger partial charge in [0.1, 0.15) is 30.4 Å². The van der Waals surface area contributed by atoms with Gasteiger partial charge in [-0.2, -0.15) is 0 Å². The van der Waals surface area contributed by atoms with Crippen LogP contribution in [0.5, 0.6) is 17.5 Å². The summed E-state index contributed by atoms with van der Waals surface area (Å²) in [4.78, 5) is 46.4. The maximum absolute atomic E-state index is 14.3. The molecule has 0 spiro atoms. The van der Waals surface area contributed by atoms with Gasteiger partial charge in [0.25, 0.3) is 5.88 Å². The number of aliphatic hydroxyl groups is 2. The maximum Gasteiger partial charge on any atom is 0.254 e. The van der Waals surface area contributed by atoms with Gasteiger partial charge >= 0.3 is 0 Å². The fourth-order valence-corrected chi connectivity index (χ4v) is 12.8. The highest BCUT2D eigenvalue weighted by Crippen LogP contribution is 2.41. The monoisotopic (exact) mass is 1080 g/mol. The average Bonchev–Trinajstić information content (AvgIpc) is 4.36. The summed E-state index contributed by atoms with van der Waals surface area (Å²) in [6.07, 6.45) is 7.13. The SMILES string of the molecule is CC(C)[C@@H](C(=O)N1C[C@H](O)C[C@H]1C(=O)N[C@@H](C)c1ccc(-c2scnc2CO)cc1)c1cc(OCCN2CCC(OC3CC(Oc4cc(N5C6CCC5CN(c5cc(-c7ccccc7O)nnc5N)C6)ccn4)C3)CC2)no1. The lowest BCUT2D eigenvalue weighted by Gasteiger charge is -2.43. The highest BCUT2D eigenvalue weighted by Gasteiger charge is 2.45.